The van der Waals surface area contributed by atoms with Crippen molar-refractivity contribution in [3.63, 3.8) is 0 Å². The second kappa shape index (κ2) is 9.16. The van der Waals surface area contributed by atoms with Crippen molar-refractivity contribution in [3.05, 3.63) is 41.7 Å². The smallest absolute Gasteiger partial charge is 0.475 e. The van der Waals surface area contributed by atoms with E-state index >= 15 is 0 Å². The number of urea groups is 1. The SMILES string of the molecule is Cc1ccc(-n2cc(NC(=O)N3CC[C@H](N)[C@@H]3C)cn2)c(C)c1.O=C(O)C(F)(F)F. The van der Waals surface area contributed by atoms with E-state index in [2.05, 4.69) is 36.4 Å². The first kappa shape index (κ1) is 23.2. The zero-order valence-electron chi connectivity index (χ0n) is 16.8. The number of aryl methyl sites for hydroxylation is 2. The molecule has 11 heteroatoms. The molecule has 2 amide bonds. The molecule has 1 aliphatic heterocycles. The first-order valence-electron chi connectivity index (χ1n) is 9.15. The van der Waals surface area contributed by atoms with Gasteiger partial charge in [-0.15, -0.1) is 0 Å². The zero-order chi connectivity index (χ0) is 22.6. The average molecular weight is 427 g/mol. The molecule has 0 spiro atoms. The standard InChI is InChI=1S/C17H23N5O.C2HF3O2/c1-11-4-5-16(12(2)8-11)22-10-14(9-19-22)20-17(23)21-7-6-15(18)13(21)3;3-2(4,5)1(6)7/h4-5,8-10,13,15H,6-7,18H2,1-3H3,(H,20,23);(H,6,7)/t13-,15-;/m0./s1. The molecular weight excluding hydrogens is 403 g/mol. The number of benzene rings is 1. The highest BCUT2D eigenvalue weighted by atomic mass is 19.4. The van der Waals surface area contributed by atoms with Crippen LogP contribution in [0.15, 0.2) is 30.6 Å². The minimum Gasteiger partial charge on any atom is -0.475 e. The molecule has 3 rings (SSSR count). The molecule has 0 unspecified atom stereocenters. The van der Waals surface area contributed by atoms with Gasteiger partial charge in [-0.05, 0) is 38.8 Å². The van der Waals surface area contributed by atoms with E-state index in [-0.39, 0.29) is 18.1 Å². The second-order valence-electron chi connectivity index (χ2n) is 7.08. The number of nitrogens with one attached hydrogen (secondary N) is 1. The third-order valence-electron chi connectivity index (χ3n) is 4.75. The first-order chi connectivity index (χ1) is 13.9. The lowest BCUT2D eigenvalue weighted by Gasteiger charge is -2.23. The Morgan fingerprint density at radius 3 is 2.43 bits per heavy atom. The van der Waals surface area contributed by atoms with Gasteiger partial charge in [0, 0.05) is 18.6 Å². The van der Waals surface area contributed by atoms with Crippen molar-refractivity contribution in [1.29, 1.82) is 0 Å². The maximum atomic E-state index is 12.4. The summed E-state index contributed by atoms with van der Waals surface area (Å²) in [5.74, 6) is -2.76. The summed E-state index contributed by atoms with van der Waals surface area (Å²) >= 11 is 0. The molecule has 1 aliphatic rings. The third kappa shape index (κ3) is 5.72. The first-order valence-corrected chi connectivity index (χ1v) is 9.15. The van der Waals surface area contributed by atoms with Gasteiger partial charge in [0.15, 0.2) is 0 Å². The van der Waals surface area contributed by atoms with Crippen LogP contribution in [0, 0.1) is 13.8 Å². The summed E-state index contributed by atoms with van der Waals surface area (Å²) in [5.41, 5.74) is 10.0. The Morgan fingerprint density at radius 1 is 1.30 bits per heavy atom. The highest BCUT2D eigenvalue weighted by Crippen LogP contribution is 2.20. The van der Waals surface area contributed by atoms with E-state index in [9.17, 15) is 18.0 Å². The number of anilines is 1. The number of aromatic nitrogens is 2. The number of carbonyl (C=O) groups excluding carboxylic acids is 1. The van der Waals surface area contributed by atoms with Crippen molar-refractivity contribution < 1.29 is 27.9 Å². The third-order valence-corrected chi connectivity index (χ3v) is 4.75. The predicted molar refractivity (Wildman–Crippen MR) is 105 cm³/mol. The molecule has 0 radical (unpaired) electrons. The molecule has 2 heterocycles. The van der Waals surface area contributed by atoms with Gasteiger partial charge in [-0.1, -0.05) is 17.7 Å². The van der Waals surface area contributed by atoms with Crippen LogP contribution in [0.4, 0.5) is 23.7 Å². The Balaban J connectivity index is 0.000000396. The average Bonchev–Trinajstić information content (AvgIpc) is 3.22. The van der Waals surface area contributed by atoms with Crippen molar-refractivity contribution in [2.45, 2.75) is 45.5 Å². The van der Waals surface area contributed by atoms with Crippen molar-refractivity contribution >= 4 is 17.7 Å². The number of aliphatic carboxylic acids is 1. The van der Waals surface area contributed by atoms with Crippen LogP contribution in [-0.2, 0) is 4.79 Å². The zero-order valence-corrected chi connectivity index (χ0v) is 16.8. The van der Waals surface area contributed by atoms with Crippen LogP contribution >= 0.6 is 0 Å². The Morgan fingerprint density at radius 2 is 1.93 bits per heavy atom. The minimum atomic E-state index is -5.08. The lowest BCUT2D eigenvalue weighted by Crippen LogP contribution is -2.42. The van der Waals surface area contributed by atoms with Gasteiger partial charge >= 0.3 is 18.2 Å². The molecule has 8 nitrogen and oxygen atoms in total. The quantitative estimate of drug-likeness (QED) is 0.682. The van der Waals surface area contributed by atoms with Crippen LogP contribution in [0.3, 0.4) is 0 Å². The lowest BCUT2D eigenvalue weighted by molar-refractivity contribution is -0.192. The second-order valence-corrected chi connectivity index (χ2v) is 7.08. The molecule has 4 N–H and O–H groups in total. The molecule has 2 atom stereocenters. The largest absolute Gasteiger partial charge is 0.490 e. The number of nitrogens with two attached hydrogens (primary N) is 1. The van der Waals surface area contributed by atoms with E-state index in [1.54, 1.807) is 15.8 Å². The highest BCUT2D eigenvalue weighted by molar-refractivity contribution is 5.89. The van der Waals surface area contributed by atoms with Gasteiger partial charge in [-0.3, -0.25) is 0 Å². The minimum absolute atomic E-state index is 0.0543. The number of carbonyl (C=O) groups is 2. The van der Waals surface area contributed by atoms with E-state index in [4.69, 9.17) is 15.6 Å². The van der Waals surface area contributed by atoms with Gasteiger partial charge in [-0.2, -0.15) is 18.3 Å². The van der Waals surface area contributed by atoms with Crippen LogP contribution in [0.25, 0.3) is 5.69 Å². The van der Waals surface area contributed by atoms with E-state index in [1.165, 1.54) is 5.56 Å². The Hall–Kier alpha value is -3.08. The molecule has 0 aliphatic carbocycles. The Kier molecular flexibility index (Phi) is 7.08. The number of nitrogens with zero attached hydrogens (tertiary/aromatic N) is 3. The molecule has 1 aromatic heterocycles. The molecule has 1 saturated heterocycles. The number of alkyl halides is 3. The van der Waals surface area contributed by atoms with Gasteiger partial charge in [0.05, 0.1) is 23.8 Å². The van der Waals surface area contributed by atoms with Gasteiger partial charge in [0.1, 0.15) is 0 Å². The van der Waals surface area contributed by atoms with Crippen LogP contribution in [0.2, 0.25) is 0 Å². The predicted octanol–water partition coefficient (Wildman–Crippen LogP) is 3.08. The Bertz CT molecular complexity index is 913. The molecular formula is C19H24F3N5O3. The summed E-state index contributed by atoms with van der Waals surface area (Å²) in [6, 6.07) is 6.19. The number of hydrogen-bond donors (Lipinski definition) is 3. The van der Waals surface area contributed by atoms with Crippen LogP contribution < -0.4 is 11.1 Å². The summed E-state index contributed by atoms with van der Waals surface area (Å²) < 4.78 is 33.5. The molecule has 2 aromatic rings. The van der Waals surface area contributed by atoms with Crippen molar-refractivity contribution in [2.24, 2.45) is 5.73 Å². The molecule has 164 valence electrons. The van der Waals surface area contributed by atoms with Gasteiger partial charge in [0.2, 0.25) is 0 Å². The number of amides is 2. The number of carboxylic acids is 1. The maximum Gasteiger partial charge on any atom is 0.490 e. The molecule has 0 bridgehead atoms. The Labute approximate surface area is 171 Å². The molecule has 30 heavy (non-hydrogen) atoms. The number of carboxylic acid groups (broad SMARTS) is 1. The van der Waals surface area contributed by atoms with Crippen LogP contribution in [-0.4, -0.2) is 56.6 Å². The molecule has 1 aromatic carbocycles. The van der Waals surface area contributed by atoms with E-state index in [1.807, 2.05) is 19.2 Å². The molecule has 0 saturated carbocycles. The fourth-order valence-electron chi connectivity index (χ4n) is 3.03. The summed E-state index contributed by atoms with van der Waals surface area (Å²) in [7, 11) is 0. The van der Waals surface area contributed by atoms with Crippen molar-refractivity contribution in [2.75, 3.05) is 11.9 Å². The fourth-order valence-corrected chi connectivity index (χ4v) is 3.03. The van der Waals surface area contributed by atoms with Gasteiger partial charge in [0.25, 0.3) is 0 Å². The van der Waals surface area contributed by atoms with E-state index in [0.717, 1.165) is 17.7 Å². The summed E-state index contributed by atoms with van der Waals surface area (Å²) in [4.78, 5) is 23.0. The summed E-state index contributed by atoms with van der Waals surface area (Å²) in [6.07, 6.45) is -0.746. The summed E-state index contributed by atoms with van der Waals surface area (Å²) in [6.45, 7) is 6.79. The highest BCUT2D eigenvalue weighted by Gasteiger charge is 2.38. The number of likely N-dealkylation sites (tertiary alicyclic amines) is 1. The van der Waals surface area contributed by atoms with Gasteiger partial charge in [-0.25, -0.2) is 14.3 Å². The maximum absolute atomic E-state index is 12.4. The monoisotopic (exact) mass is 427 g/mol. The van der Waals surface area contributed by atoms with E-state index in [0.29, 0.717) is 12.2 Å². The normalized spacial score (nSPS) is 18.6. The van der Waals surface area contributed by atoms with Crippen LogP contribution in [0.5, 0.6) is 0 Å². The van der Waals surface area contributed by atoms with Crippen LogP contribution in [0.1, 0.15) is 24.5 Å². The fraction of sp³-hybridized carbons (Fsp3) is 0.421. The molecule has 1 fully saturated rings. The topological polar surface area (TPSA) is 113 Å². The number of rotatable bonds is 2. The van der Waals surface area contributed by atoms with E-state index < -0.39 is 12.1 Å². The van der Waals surface area contributed by atoms with Crippen molar-refractivity contribution in [3.8, 4) is 5.69 Å². The van der Waals surface area contributed by atoms with Gasteiger partial charge < -0.3 is 21.1 Å². The summed E-state index contributed by atoms with van der Waals surface area (Å²) in [5, 5.41) is 14.4. The number of halogens is 3. The lowest BCUT2D eigenvalue weighted by atomic mass is 10.1. The van der Waals surface area contributed by atoms with Crippen molar-refractivity contribution in [1.82, 2.24) is 14.7 Å². The number of hydrogen-bond acceptors (Lipinski definition) is 4.